The van der Waals surface area contributed by atoms with Crippen LogP contribution in [-0.2, 0) is 11.3 Å². The number of hydrogen-bond acceptors (Lipinski definition) is 4. The van der Waals surface area contributed by atoms with Gasteiger partial charge >= 0.3 is 0 Å². The molecule has 0 aliphatic carbocycles. The largest absolute Gasteiger partial charge is 0.395 e. The van der Waals surface area contributed by atoms with Gasteiger partial charge in [0.05, 0.1) is 19.8 Å². The molecule has 0 atom stereocenters. The number of aliphatic hydroxyl groups is 1. The summed E-state index contributed by atoms with van der Waals surface area (Å²) in [5, 5.41) is 8.85. The summed E-state index contributed by atoms with van der Waals surface area (Å²) in [6.07, 6.45) is 1.70. The highest BCUT2D eigenvalue weighted by Gasteiger charge is 2.14. The van der Waals surface area contributed by atoms with Crippen LogP contribution in [-0.4, -0.2) is 42.6 Å². The summed E-state index contributed by atoms with van der Waals surface area (Å²) in [7, 11) is 0. The van der Waals surface area contributed by atoms with E-state index in [9.17, 15) is 4.79 Å². The molecule has 1 fully saturated rings. The van der Waals surface area contributed by atoms with Crippen LogP contribution < -0.4 is 10.5 Å². The molecule has 2 heterocycles. The summed E-state index contributed by atoms with van der Waals surface area (Å²) in [6, 6.07) is 3.66. The quantitative estimate of drug-likeness (QED) is 0.764. The highest BCUT2D eigenvalue weighted by atomic mass is 16.5. The Morgan fingerprint density at radius 2 is 2.12 bits per heavy atom. The maximum atomic E-state index is 12.0. The van der Waals surface area contributed by atoms with Crippen molar-refractivity contribution >= 4 is 5.69 Å². The van der Waals surface area contributed by atoms with Crippen LogP contribution in [0, 0.1) is 0 Å². The summed E-state index contributed by atoms with van der Waals surface area (Å²) in [5.41, 5.74) is 0.651. The first kappa shape index (κ1) is 11.2. The number of anilines is 1. The first-order valence-electron chi connectivity index (χ1n) is 5.46. The zero-order chi connectivity index (χ0) is 11.4. The van der Waals surface area contributed by atoms with Gasteiger partial charge in [0.1, 0.15) is 5.69 Å². The van der Waals surface area contributed by atoms with E-state index in [0.717, 1.165) is 13.1 Å². The number of aromatic nitrogens is 1. The summed E-state index contributed by atoms with van der Waals surface area (Å²) in [4.78, 5) is 14.1. The van der Waals surface area contributed by atoms with Crippen molar-refractivity contribution in [3.8, 4) is 0 Å². The Morgan fingerprint density at radius 1 is 1.38 bits per heavy atom. The molecule has 0 amide bonds. The zero-order valence-electron chi connectivity index (χ0n) is 9.13. The van der Waals surface area contributed by atoms with E-state index < -0.39 is 0 Å². The van der Waals surface area contributed by atoms with E-state index in [2.05, 4.69) is 0 Å². The SMILES string of the molecule is O=c1c(N2CCOCC2)cccn1CCO. The minimum absolute atomic E-state index is 0.0214. The van der Waals surface area contributed by atoms with E-state index in [1.165, 1.54) is 4.57 Å². The molecule has 16 heavy (non-hydrogen) atoms. The second-order valence-electron chi connectivity index (χ2n) is 3.72. The van der Waals surface area contributed by atoms with Gasteiger partial charge in [-0.15, -0.1) is 0 Å². The Bertz CT molecular complexity index is 396. The molecule has 0 unspecified atom stereocenters. The highest BCUT2D eigenvalue weighted by molar-refractivity contribution is 5.44. The van der Waals surface area contributed by atoms with Crippen molar-refractivity contribution in [2.45, 2.75) is 6.54 Å². The molecule has 5 nitrogen and oxygen atoms in total. The Labute approximate surface area is 93.9 Å². The molecule has 0 radical (unpaired) electrons. The third-order valence-electron chi connectivity index (χ3n) is 2.69. The van der Waals surface area contributed by atoms with Crippen molar-refractivity contribution in [3.63, 3.8) is 0 Å². The molecule has 1 aromatic rings. The topological polar surface area (TPSA) is 54.7 Å². The number of hydrogen-bond donors (Lipinski definition) is 1. The molecular weight excluding hydrogens is 208 g/mol. The predicted octanol–water partition coefficient (Wildman–Crippen LogP) is -0.323. The second kappa shape index (κ2) is 5.14. The molecule has 5 heteroatoms. The lowest BCUT2D eigenvalue weighted by Crippen LogP contribution is -2.40. The lowest BCUT2D eigenvalue weighted by Gasteiger charge is -2.28. The van der Waals surface area contributed by atoms with Crippen LogP contribution in [0.2, 0.25) is 0 Å². The van der Waals surface area contributed by atoms with Crippen molar-refractivity contribution in [1.82, 2.24) is 4.57 Å². The van der Waals surface area contributed by atoms with Crippen LogP contribution in [0.15, 0.2) is 23.1 Å². The number of rotatable bonds is 3. The van der Waals surface area contributed by atoms with Gasteiger partial charge in [0.2, 0.25) is 0 Å². The molecule has 1 aromatic heterocycles. The predicted molar refractivity (Wildman–Crippen MR) is 60.8 cm³/mol. The minimum atomic E-state index is -0.0431. The van der Waals surface area contributed by atoms with Crippen molar-refractivity contribution in [3.05, 3.63) is 28.7 Å². The van der Waals surface area contributed by atoms with Crippen LogP contribution in [0.5, 0.6) is 0 Å². The molecule has 0 spiro atoms. The normalized spacial score (nSPS) is 16.4. The summed E-state index contributed by atoms with van der Waals surface area (Å²) in [6.45, 7) is 3.14. The van der Waals surface area contributed by atoms with E-state index in [-0.39, 0.29) is 12.2 Å². The molecule has 0 aromatic carbocycles. The van der Waals surface area contributed by atoms with Gasteiger partial charge in [0.25, 0.3) is 5.56 Å². The fraction of sp³-hybridized carbons (Fsp3) is 0.545. The lowest BCUT2D eigenvalue weighted by molar-refractivity contribution is 0.122. The van der Waals surface area contributed by atoms with Gasteiger partial charge in [-0.25, -0.2) is 0 Å². The molecule has 1 N–H and O–H groups in total. The lowest BCUT2D eigenvalue weighted by atomic mass is 10.3. The van der Waals surface area contributed by atoms with Gasteiger partial charge in [0, 0.05) is 25.8 Å². The molecule has 0 bridgehead atoms. The number of morpholine rings is 1. The summed E-state index contributed by atoms with van der Waals surface area (Å²) in [5.74, 6) is 0. The molecule has 88 valence electrons. The van der Waals surface area contributed by atoms with Gasteiger partial charge in [-0.2, -0.15) is 0 Å². The first-order valence-corrected chi connectivity index (χ1v) is 5.46. The van der Waals surface area contributed by atoms with Crippen molar-refractivity contribution in [2.24, 2.45) is 0 Å². The molecule has 1 aliphatic rings. The van der Waals surface area contributed by atoms with Crippen LogP contribution >= 0.6 is 0 Å². The molecular formula is C11H16N2O3. The number of nitrogens with zero attached hydrogens (tertiary/aromatic N) is 2. The summed E-state index contributed by atoms with van der Waals surface area (Å²) < 4.78 is 6.78. The van der Waals surface area contributed by atoms with Crippen molar-refractivity contribution in [2.75, 3.05) is 37.8 Å². The van der Waals surface area contributed by atoms with E-state index in [4.69, 9.17) is 9.84 Å². The van der Waals surface area contributed by atoms with Crippen molar-refractivity contribution in [1.29, 1.82) is 0 Å². The fourth-order valence-electron chi connectivity index (χ4n) is 1.85. The molecule has 2 rings (SSSR count). The second-order valence-corrected chi connectivity index (χ2v) is 3.72. The van der Waals surface area contributed by atoms with E-state index in [0.29, 0.717) is 25.4 Å². The molecule has 1 saturated heterocycles. The van der Waals surface area contributed by atoms with Crippen molar-refractivity contribution < 1.29 is 9.84 Å². The number of ether oxygens (including phenoxy) is 1. The monoisotopic (exact) mass is 224 g/mol. The average Bonchev–Trinajstić information content (AvgIpc) is 2.33. The van der Waals surface area contributed by atoms with Gasteiger partial charge in [-0.3, -0.25) is 4.79 Å². The van der Waals surface area contributed by atoms with E-state index in [1.807, 2.05) is 17.0 Å². The minimum Gasteiger partial charge on any atom is -0.395 e. The standard InChI is InChI=1S/C11H16N2O3/c14-7-4-13-3-1-2-10(11(13)15)12-5-8-16-9-6-12/h1-3,14H,4-9H2. The van der Waals surface area contributed by atoms with Crippen LogP contribution in [0.4, 0.5) is 5.69 Å². The number of pyridine rings is 1. The van der Waals surface area contributed by atoms with Gasteiger partial charge in [0.15, 0.2) is 0 Å². The fourth-order valence-corrected chi connectivity index (χ4v) is 1.85. The maximum Gasteiger partial charge on any atom is 0.274 e. The van der Waals surface area contributed by atoms with Crippen LogP contribution in [0.1, 0.15) is 0 Å². The third kappa shape index (κ3) is 2.25. The Balaban J connectivity index is 2.26. The first-order chi connectivity index (χ1) is 7.83. The number of aliphatic hydroxyl groups excluding tert-OH is 1. The van der Waals surface area contributed by atoms with Crippen LogP contribution in [0.25, 0.3) is 0 Å². The Hall–Kier alpha value is -1.33. The van der Waals surface area contributed by atoms with E-state index in [1.54, 1.807) is 6.20 Å². The molecule has 1 aliphatic heterocycles. The smallest absolute Gasteiger partial charge is 0.274 e. The summed E-state index contributed by atoms with van der Waals surface area (Å²) >= 11 is 0. The zero-order valence-corrected chi connectivity index (χ0v) is 9.13. The Kier molecular flexibility index (Phi) is 3.58. The Morgan fingerprint density at radius 3 is 2.81 bits per heavy atom. The van der Waals surface area contributed by atoms with Crippen LogP contribution in [0.3, 0.4) is 0 Å². The van der Waals surface area contributed by atoms with Gasteiger partial charge in [-0.1, -0.05) is 0 Å². The van der Waals surface area contributed by atoms with E-state index >= 15 is 0 Å². The average molecular weight is 224 g/mol. The van der Waals surface area contributed by atoms with Gasteiger partial charge < -0.3 is 19.3 Å². The highest BCUT2D eigenvalue weighted by Crippen LogP contribution is 2.09. The van der Waals surface area contributed by atoms with Gasteiger partial charge in [-0.05, 0) is 12.1 Å². The maximum absolute atomic E-state index is 12.0. The molecule has 0 saturated carbocycles. The third-order valence-corrected chi connectivity index (χ3v) is 2.69.